The molecule has 1 N–H and O–H groups in total. The largest absolute Gasteiger partial charge is 0.329 e. The maximum atomic E-state index is 13.4. The lowest BCUT2D eigenvalue weighted by molar-refractivity contribution is 0.164. The SMILES string of the molecule is CN1CCCCC1Cn1c(=O)[nH]c(Cl)c(F)c1=O. The van der Waals surface area contributed by atoms with Crippen molar-refractivity contribution in [3.63, 3.8) is 0 Å². The molecule has 18 heavy (non-hydrogen) atoms. The predicted molar refractivity (Wildman–Crippen MR) is 66.6 cm³/mol. The number of piperidine rings is 1. The molecule has 0 spiro atoms. The van der Waals surface area contributed by atoms with Crippen LogP contribution >= 0.6 is 11.6 Å². The van der Waals surface area contributed by atoms with Crippen molar-refractivity contribution in [3.05, 3.63) is 31.8 Å². The Morgan fingerprint density at radius 2 is 2.17 bits per heavy atom. The number of H-pyrrole nitrogens is 1. The van der Waals surface area contributed by atoms with Crippen LogP contribution in [0.5, 0.6) is 0 Å². The van der Waals surface area contributed by atoms with E-state index in [9.17, 15) is 14.0 Å². The van der Waals surface area contributed by atoms with Crippen molar-refractivity contribution >= 4 is 11.6 Å². The van der Waals surface area contributed by atoms with E-state index in [1.807, 2.05) is 7.05 Å². The molecule has 7 heteroatoms. The van der Waals surface area contributed by atoms with Gasteiger partial charge < -0.3 is 4.90 Å². The number of aromatic amines is 1. The quantitative estimate of drug-likeness (QED) is 0.813. The van der Waals surface area contributed by atoms with Gasteiger partial charge in [-0.3, -0.25) is 14.3 Å². The van der Waals surface area contributed by atoms with Gasteiger partial charge in [0.2, 0.25) is 5.82 Å². The molecular weight excluding hydrogens is 261 g/mol. The molecule has 0 bridgehead atoms. The van der Waals surface area contributed by atoms with Crippen LogP contribution < -0.4 is 11.2 Å². The highest BCUT2D eigenvalue weighted by molar-refractivity contribution is 6.29. The first-order chi connectivity index (χ1) is 8.50. The molecule has 0 amide bonds. The van der Waals surface area contributed by atoms with E-state index in [-0.39, 0.29) is 12.6 Å². The Bertz CT molecular complexity index is 554. The van der Waals surface area contributed by atoms with Gasteiger partial charge in [0.25, 0.3) is 5.56 Å². The average molecular weight is 276 g/mol. The second kappa shape index (κ2) is 5.24. The van der Waals surface area contributed by atoms with Crippen LogP contribution in [0.3, 0.4) is 0 Å². The van der Waals surface area contributed by atoms with Crippen LogP contribution in [-0.4, -0.2) is 34.1 Å². The zero-order chi connectivity index (χ0) is 13.3. The Labute approximate surface area is 108 Å². The standard InChI is InChI=1S/C11H15ClFN3O2/c1-15-5-3-2-4-7(15)6-16-10(17)8(13)9(12)14-11(16)18/h7H,2-6H2,1H3,(H,14,18). The number of hydrogen-bond acceptors (Lipinski definition) is 3. The fraction of sp³-hybridized carbons (Fsp3) is 0.636. The van der Waals surface area contributed by atoms with E-state index in [0.29, 0.717) is 0 Å². The molecule has 1 aliphatic heterocycles. The highest BCUT2D eigenvalue weighted by Crippen LogP contribution is 2.15. The number of nitrogens with zero attached hydrogens (tertiary/aromatic N) is 2. The number of nitrogens with one attached hydrogen (secondary N) is 1. The summed E-state index contributed by atoms with van der Waals surface area (Å²) in [5, 5.41) is -0.529. The molecule has 0 radical (unpaired) electrons. The molecule has 1 atom stereocenters. The maximum absolute atomic E-state index is 13.4. The van der Waals surface area contributed by atoms with Gasteiger partial charge in [0.15, 0.2) is 5.15 Å². The summed E-state index contributed by atoms with van der Waals surface area (Å²) in [6, 6.07) is 0.0816. The Kier molecular flexibility index (Phi) is 3.87. The first-order valence-corrected chi connectivity index (χ1v) is 6.27. The highest BCUT2D eigenvalue weighted by Gasteiger charge is 2.22. The van der Waals surface area contributed by atoms with Gasteiger partial charge in [-0.05, 0) is 26.4 Å². The Morgan fingerprint density at radius 1 is 1.44 bits per heavy atom. The van der Waals surface area contributed by atoms with Gasteiger partial charge >= 0.3 is 5.69 Å². The number of likely N-dealkylation sites (N-methyl/N-ethyl adjacent to an activating group) is 1. The zero-order valence-corrected chi connectivity index (χ0v) is 10.8. The zero-order valence-electron chi connectivity index (χ0n) is 10.1. The smallest absolute Gasteiger partial charge is 0.302 e. The molecule has 2 rings (SSSR count). The van der Waals surface area contributed by atoms with Gasteiger partial charge in [-0.2, -0.15) is 4.39 Å². The summed E-state index contributed by atoms with van der Waals surface area (Å²) in [5.41, 5.74) is -1.62. The van der Waals surface area contributed by atoms with Gasteiger partial charge in [0, 0.05) is 12.6 Å². The third kappa shape index (κ3) is 2.49. The topological polar surface area (TPSA) is 58.1 Å². The second-order valence-corrected chi connectivity index (χ2v) is 4.98. The van der Waals surface area contributed by atoms with Crippen LogP contribution in [-0.2, 0) is 6.54 Å². The van der Waals surface area contributed by atoms with Gasteiger partial charge in [-0.1, -0.05) is 18.0 Å². The van der Waals surface area contributed by atoms with Crippen LogP contribution in [0.25, 0.3) is 0 Å². The van der Waals surface area contributed by atoms with Crippen LogP contribution in [0.1, 0.15) is 19.3 Å². The number of likely N-dealkylation sites (tertiary alicyclic amines) is 1. The van der Waals surface area contributed by atoms with E-state index < -0.39 is 22.2 Å². The molecule has 1 aromatic rings. The third-order valence-electron chi connectivity index (χ3n) is 3.40. The molecule has 0 aromatic carbocycles. The lowest BCUT2D eigenvalue weighted by Gasteiger charge is -2.32. The minimum Gasteiger partial charge on any atom is -0.302 e. The molecule has 2 heterocycles. The number of aromatic nitrogens is 2. The summed E-state index contributed by atoms with van der Waals surface area (Å²) in [6.45, 7) is 1.12. The lowest BCUT2D eigenvalue weighted by atomic mass is 10.0. The van der Waals surface area contributed by atoms with E-state index in [2.05, 4.69) is 9.88 Å². The molecule has 1 unspecified atom stereocenters. The fourth-order valence-corrected chi connectivity index (χ4v) is 2.43. The van der Waals surface area contributed by atoms with Crippen LogP contribution in [0.2, 0.25) is 5.15 Å². The molecule has 1 fully saturated rings. The van der Waals surface area contributed by atoms with Crippen molar-refractivity contribution in [3.8, 4) is 0 Å². The molecule has 1 saturated heterocycles. The summed E-state index contributed by atoms with van der Waals surface area (Å²) < 4.78 is 14.3. The first kappa shape index (κ1) is 13.3. The van der Waals surface area contributed by atoms with E-state index in [1.165, 1.54) is 0 Å². The lowest BCUT2D eigenvalue weighted by Crippen LogP contribution is -2.46. The van der Waals surface area contributed by atoms with E-state index in [4.69, 9.17) is 11.6 Å². The van der Waals surface area contributed by atoms with E-state index in [1.54, 1.807) is 0 Å². The average Bonchev–Trinajstić information content (AvgIpc) is 2.34. The van der Waals surface area contributed by atoms with Gasteiger partial charge in [0.05, 0.1) is 0 Å². The normalized spacial score (nSPS) is 21.2. The van der Waals surface area contributed by atoms with Gasteiger partial charge in [-0.15, -0.1) is 0 Å². The predicted octanol–water partition coefficient (Wildman–Crippen LogP) is 0.813. The summed E-state index contributed by atoms with van der Waals surface area (Å²) >= 11 is 5.41. The second-order valence-electron chi connectivity index (χ2n) is 4.60. The van der Waals surface area contributed by atoms with Crippen LogP contribution in [0.4, 0.5) is 4.39 Å². The van der Waals surface area contributed by atoms with Crippen molar-refractivity contribution in [2.45, 2.75) is 31.8 Å². The van der Waals surface area contributed by atoms with E-state index >= 15 is 0 Å². The Balaban J connectivity index is 2.32. The Morgan fingerprint density at radius 3 is 2.83 bits per heavy atom. The molecule has 0 aliphatic carbocycles. The van der Waals surface area contributed by atoms with Crippen LogP contribution in [0, 0.1) is 5.82 Å². The maximum Gasteiger partial charge on any atom is 0.329 e. The van der Waals surface area contributed by atoms with Crippen molar-refractivity contribution in [1.82, 2.24) is 14.5 Å². The fourth-order valence-electron chi connectivity index (χ4n) is 2.27. The number of halogens is 2. The van der Waals surface area contributed by atoms with Crippen molar-refractivity contribution in [2.24, 2.45) is 0 Å². The minimum absolute atomic E-state index is 0.0816. The summed E-state index contributed by atoms with van der Waals surface area (Å²) in [5.74, 6) is -1.10. The molecule has 5 nitrogen and oxygen atoms in total. The van der Waals surface area contributed by atoms with E-state index in [0.717, 1.165) is 30.4 Å². The molecule has 0 saturated carbocycles. The molecule has 100 valence electrons. The van der Waals surface area contributed by atoms with Crippen molar-refractivity contribution in [2.75, 3.05) is 13.6 Å². The van der Waals surface area contributed by atoms with Crippen molar-refractivity contribution in [1.29, 1.82) is 0 Å². The monoisotopic (exact) mass is 275 g/mol. The van der Waals surface area contributed by atoms with Crippen LogP contribution in [0.15, 0.2) is 9.59 Å². The number of rotatable bonds is 2. The third-order valence-corrected chi connectivity index (χ3v) is 3.66. The molecule has 1 aliphatic rings. The van der Waals surface area contributed by atoms with Gasteiger partial charge in [0.1, 0.15) is 0 Å². The minimum atomic E-state index is -1.10. The molecule has 1 aromatic heterocycles. The molecular formula is C11H15ClFN3O2. The first-order valence-electron chi connectivity index (χ1n) is 5.89. The summed E-state index contributed by atoms with van der Waals surface area (Å²) in [4.78, 5) is 27.5. The summed E-state index contributed by atoms with van der Waals surface area (Å²) in [7, 11) is 1.94. The Hall–Kier alpha value is -1.14. The van der Waals surface area contributed by atoms with Crippen molar-refractivity contribution < 1.29 is 4.39 Å². The van der Waals surface area contributed by atoms with Gasteiger partial charge in [-0.25, -0.2) is 4.79 Å². The highest BCUT2D eigenvalue weighted by atomic mass is 35.5. The summed E-state index contributed by atoms with van der Waals surface area (Å²) in [6.07, 6.45) is 3.05. The number of hydrogen-bond donors (Lipinski definition) is 1.